The quantitative estimate of drug-likeness (QED) is 0.683. The molecule has 2 N–H and O–H groups in total. The van der Waals surface area contributed by atoms with E-state index in [0.717, 1.165) is 0 Å². The summed E-state index contributed by atoms with van der Waals surface area (Å²) in [5, 5.41) is 2.73. The van der Waals surface area contributed by atoms with Gasteiger partial charge < -0.3 is 5.73 Å². The molecule has 0 bridgehead atoms. The van der Waals surface area contributed by atoms with E-state index in [9.17, 15) is 0 Å². The van der Waals surface area contributed by atoms with Crippen molar-refractivity contribution < 1.29 is 0 Å². The third-order valence-electron chi connectivity index (χ3n) is 2.34. The van der Waals surface area contributed by atoms with E-state index in [-0.39, 0.29) is 0 Å². The normalized spacial score (nSPS) is 15.9. The molecule has 3 heteroatoms. The molecule has 0 radical (unpaired) electrons. The minimum atomic E-state index is -1.24. The number of nitrogens with two attached hydrogens (primary N) is 1. The third kappa shape index (κ3) is 3.15. The highest BCUT2D eigenvalue weighted by Crippen LogP contribution is 2.21. The maximum Gasteiger partial charge on any atom is 0.0968 e. The molecule has 0 aliphatic carbocycles. The zero-order valence-electron chi connectivity index (χ0n) is 9.58. The van der Waals surface area contributed by atoms with Crippen molar-refractivity contribution in [2.75, 3.05) is 0 Å². The van der Waals surface area contributed by atoms with Crippen molar-refractivity contribution in [2.24, 2.45) is 5.73 Å². The first-order valence-corrected chi connectivity index (χ1v) is 11.5. The Morgan fingerprint density at radius 1 is 0.833 bits per heavy atom. The van der Waals surface area contributed by atoms with Gasteiger partial charge >= 0.3 is 0 Å². The van der Waals surface area contributed by atoms with E-state index in [2.05, 4.69) is 46.2 Å². The number of hydrogen-bond donors (Lipinski definition) is 1. The summed E-state index contributed by atoms with van der Waals surface area (Å²) in [5.74, 6) is 0. The Morgan fingerprint density at radius 3 is 1.25 bits per heavy atom. The summed E-state index contributed by atoms with van der Waals surface area (Å²) in [6, 6.07) is 0. The molecule has 0 unspecified atom stereocenters. The van der Waals surface area contributed by atoms with Crippen LogP contribution in [0.5, 0.6) is 0 Å². The molecule has 0 aliphatic heterocycles. The summed E-state index contributed by atoms with van der Waals surface area (Å²) in [6.45, 7) is 16.2. The Hall–Kier alpha value is -0.0262. The van der Waals surface area contributed by atoms with Gasteiger partial charge in [-0.1, -0.05) is 44.5 Å². The molecule has 0 aromatic carbocycles. The molecule has 0 atom stereocenters. The lowest BCUT2D eigenvalue weighted by Crippen LogP contribution is -2.36. The second kappa shape index (κ2) is 3.38. The second-order valence-corrected chi connectivity index (χ2v) is 15.8. The largest absolute Gasteiger partial charge is 0.406 e. The Labute approximate surface area is 79.1 Å². The highest BCUT2D eigenvalue weighted by molar-refractivity contribution is 6.89. The monoisotopic (exact) mass is 201 g/mol. The van der Waals surface area contributed by atoms with Gasteiger partial charge in [-0.2, -0.15) is 0 Å². The van der Waals surface area contributed by atoms with Gasteiger partial charge in [0.25, 0.3) is 0 Å². The highest BCUT2D eigenvalue weighted by Gasteiger charge is 2.25. The van der Waals surface area contributed by atoms with Crippen molar-refractivity contribution >= 4 is 16.1 Å². The van der Waals surface area contributed by atoms with Gasteiger partial charge in [-0.05, 0) is 12.2 Å². The molecule has 0 heterocycles. The minimum absolute atomic E-state index is 1.14. The molecule has 0 aromatic rings. The fraction of sp³-hybridized carbons (Fsp3) is 0.778. The van der Waals surface area contributed by atoms with Crippen molar-refractivity contribution in [3.63, 3.8) is 0 Å². The second-order valence-electron chi connectivity index (χ2n) is 5.54. The molecule has 0 amide bonds. The van der Waals surface area contributed by atoms with Gasteiger partial charge in [-0.3, -0.25) is 0 Å². The summed E-state index contributed by atoms with van der Waals surface area (Å²) in [7, 11) is -2.39. The SMILES string of the molecule is CC(=C(N)[Si](C)(C)C)[Si](C)(C)C. The van der Waals surface area contributed by atoms with Crippen LogP contribution in [0.3, 0.4) is 0 Å². The van der Waals surface area contributed by atoms with Gasteiger partial charge in [0, 0.05) is 0 Å². The van der Waals surface area contributed by atoms with Gasteiger partial charge in [0.2, 0.25) is 0 Å². The van der Waals surface area contributed by atoms with Crippen molar-refractivity contribution in [2.45, 2.75) is 46.2 Å². The highest BCUT2D eigenvalue weighted by atomic mass is 28.3. The molecular weight excluding hydrogens is 178 g/mol. The van der Waals surface area contributed by atoms with Crippen LogP contribution in [0.15, 0.2) is 10.5 Å². The zero-order chi connectivity index (χ0) is 10.2. The Balaban J connectivity index is 4.96. The summed E-state index contributed by atoms with van der Waals surface area (Å²) in [6.07, 6.45) is 0. The van der Waals surface area contributed by atoms with Crippen molar-refractivity contribution in [1.29, 1.82) is 0 Å². The van der Waals surface area contributed by atoms with E-state index < -0.39 is 16.1 Å². The number of rotatable bonds is 2. The average molecular weight is 201 g/mol. The van der Waals surface area contributed by atoms with Crippen LogP contribution in [0.1, 0.15) is 6.92 Å². The molecular formula is C9H23NSi2. The maximum absolute atomic E-state index is 6.16. The van der Waals surface area contributed by atoms with Crippen LogP contribution in [0.25, 0.3) is 0 Å². The maximum atomic E-state index is 6.16. The van der Waals surface area contributed by atoms with E-state index in [1.54, 1.807) is 0 Å². The van der Waals surface area contributed by atoms with Gasteiger partial charge in [-0.15, -0.1) is 0 Å². The zero-order valence-corrected chi connectivity index (χ0v) is 11.6. The minimum Gasteiger partial charge on any atom is -0.406 e. The van der Waals surface area contributed by atoms with E-state index in [1.165, 1.54) is 10.5 Å². The van der Waals surface area contributed by atoms with E-state index in [0.29, 0.717) is 0 Å². The Bertz CT molecular complexity index is 172. The van der Waals surface area contributed by atoms with Crippen molar-refractivity contribution in [1.82, 2.24) is 0 Å². The van der Waals surface area contributed by atoms with E-state index >= 15 is 0 Å². The lowest BCUT2D eigenvalue weighted by Gasteiger charge is -2.26. The number of allylic oxidation sites excluding steroid dienone is 1. The summed E-state index contributed by atoms with van der Waals surface area (Å²) in [5.41, 5.74) is 6.16. The Kier molecular flexibility index (Phi) is 3.37. The average Bonchev–Trinajstić information content (AvgIpc) is 1.80. The van der Waals surface area contributed by atoms with Crippen LogP contribution >= 0.6 is 0 Å². The molecule has 0 aliphatic rings. The predicted molar refractivity (Wildman–Crippen MR) is 63.6 cm³/mol. The van der Waals surface area contributed by atoms with Crippen LogP contribution in [-0.2, 0) is 0 Å². The molecule has 0 saturated carbocycles. The molecule has 0 saturated heterocycles. The first-order valence-electron chi connectivity index (χ1n) is 4.54. The fourth-order valence-corrected chi connectivity index (χ4v) is 5.15. The molecule has 0 aromatic heterocycles. The van der Waals surface area contributed by atoms with Crippen molar-refractivity contribution in [3.05, 3.63) is 10.5 Å². The summed E-state index contributed by atoms with van der Waals surface area (Å²) >= 11 is 0. The first kappa shape index (κ1) is 12.0. The topological polar surface area (TPSA) is 26.0 Å². The van der Waals surface area contributed by atoms with E-state index in [4.69, 9.17) is 5.73 Å². The van der Waals surface area contributed by atoms with Gasteiger partial charge in [0.05, 0.1) is 16.1 Å². The molecule has 0 spiro atoms. The lowest BCUT2D eigenvalue weighted by molar-refractivity contribution is 1.35. The Morgan fingerprint density at radius 2 is 1.17 bits per heavy atom. The van der Waals surface area contributed by atoms with Gasteiger partial charge in [0.15, 0.2) is 0 Å². The molecule has 1 nitrogen and oxygen atoms in total. The predicted octanol–water partition coefficient (Wildman–Crippen LogP) is 2.97. The third-order valence-corrected chi connectivity index (χ3v) is 7.10. The van der Waals surface area contributed by atoms with Crippen LogP contribution in [-0.4, -0.2) is 16.1 Å². The molecule has 0 fully saturated rings. The van der Waals surface area contributed by atoms with Crippen molar-refractivity contribution in [3.8, 4) is 0 Å². The van der Waals surface area contributed by atoms with Crippen LogP contribution in [0.4, 0.5) is 0 Å². The van der Waals surface area contributed by atoms with Gasteiger partial charge in [-0.25, -0.2) is 0 Å². The fourth-order valence-electron chi connectivity index (χ4n) is 0.967. The molecule has 0 rings (SSSR count). The van der Waals surface area contributed by atoms with Crippen LogP contribution in [0, 0.1) is 0 Å². The molecule has 72 valence electrons. The van der Waals surface area contributed by atoms with E-state index in [1.807, 2.05) is 0 Å². The summed E-state index contributed by atoms with van der Waals surface area (Å²) < 4.78 is 0. The standard InChI is InChI=1S/C9H23NSi2/c1-8(11(2,3)4)9(10)12(5,6)7/h10H2,1-7H3. The van der Waals surface area contributed by atoms with Crippen LogP contribution in [0.2, 0.25) is 39.3 Å². The van der Waals surface area contributed by atoms with Gasteiger partial charge in [0.1, 0.15) is 0 Å². The smallest absolute Gasteiger partial charge is 0.0968 e. The lowest BCUT2D eigenvalue weighted by atomic mass is 10.7. The first-order chi connectivity index (χ1) is 5.07. The molecule has 12 heavy (non-hydrogen) atoms. The van der Waals surface area contributed by atoms with Crippen LogP contribution < -0.4 is 5.73 Å². The number of hydrogen-bond acceptors (Lipinski definition) is 1. The summed E-state index contributed by atoms with van der Waals surface area (Å²) in [4.78, 5) is 0.